The molecule has 5 heteroatoms. The Hall–Kier alpha value is -0.680. The van der Waals surface area contributed by atoms with Crippen molar-refractivity contribution in [2.24, 2.45) is 5.73 Å². The summed E-state index contributed by atoms with van der Waals surface area (Å²) in [5.74, 6) is -0.0112. The lowest BCUT2D eigenvalue weighted by Crippen LogP contribution is -2.36. The number of hydrogen-bond donors (Lipinski definition) is 1. The molecular weight excluding hydrogens is 247 g/mol. The Bertz CT molecular complexity index is 339. The molecule has 1 atom stereocenters. The van der Waals surface area contributed by atoms with Gasteiger partial charge >= 0.3 is 5.51 Å². The van der Waals surface area contributed by atoms with Crippen LogP contribution in [0.25, 0.3) is 0 Å². The molecule has 17 heavy (non-hydrogen) atoms. The SMILES string of the molecule is CCC(N)(CCSC(F)(F)F)c1ccccc1. The van der Waals surface area contributed by atoms with Crippen LogP contribution in [0.15, 0.2) is 30.3 Å². The van der Waals surface area contributed by atoms with E-state index < -0.39 is 11.0 Å². The Morgan fingerprint density at radius 3 is 2.24 bits per heavy atom. The van der Waals surface area contributed by atoms with Gasteiger partial charge in [0.25, 0.3) is 0 Å². The molecule has 1 nitrogen and oxygen atoms in total. The number of nitrogens with two attached hydrogens (primary N) is 1. The summed E-state index contributed by atoms with van der Waals surface area (Å²) in [7, 11) is 0. The second kappa shape index (κ2) is 5.78. The van der Waals surface area contributed by atoms with Crippen LogP contribution in [0.1, 0.15) is 25.3 Å². The molecule has 0 bridgehead atoms. The molecule has 0 fully saturated rings. The van der Waals surface area contributed by atoms with Gasteiger partial charge in [-0.1, -0.05) is 49.0 Å². The van der Waals surface area contributed by atoms with Gasteiger partial charge in [-0.25, -0.2) is 0 Å². The van der Waals surface area contributed by atoms with Crippen LogP contribution in [-0.4, -0.2) is 11.3 Å². The summed E-state index contributed by atoms with van der Waals surface area (Å²) >= 11 is -0.00952. The number of rotatable bonds is 5. The summed E-state index contributed by atoms with van der Waals surface area (Å²) < 4.78 is 36.2. The van der Waals surface area contributed by atoms with Gasteiger partial charge in [-0.2, -0.15) is 13.2 Å². The highest BCUT2D eigenvalue weighted by Gasteiger charge is 2.31. The molecule has 0 amide bonds. The largest absolute Gasteiger partial charge is 0.441 e. The minimum atomic E-state index is -4.18. The van der Waals surface area contributed by atoms with E-state index >= 15 is 0 Å². The lowest BCUT2D eigenvalue weighted by Gasteiger charge is -2.28. The highest BCUT2D eigenvalue weighted by Crippen LogP contribution is 2.34. The third-order valence-electron chi connectivity index (χ3n) is 2.79. The maximum atomic E-state index is 12.1. The first kappa shape index (κ1) is 14.4. The van der Waals surface area contributed by atoms with Gasteiger partial charge in [-0.15, -0.1) is 0 Å². The molecule has 1 unspecified atom stereocenters. The van der Waals surface area contributed by atoms with Gasteiger partial charge in [-0.3, -0.25) is 0 Å². The zero-order valence-electron chi connectivity index (χ0n) is 9.63. The Kier molecular flexibility index (Phi) is 4.89. The normalized spacial score (nSPS) is 15.6. The minimum absolute atomic E-state index is 0.00952. The van der Waals surface area contributed by atoms with Crippen molar-refractivity contribution in [3.05, 3.63) is 35.9 Å². The number of hydrogen-bond acceptors (Lipinski definition) is 2. The molecule has 1 aromatic rings. The predicted molar refractivity (Wildman–Crippen MR) is 65.7 cm³/mol. The zero-order chi connectivity index (χ0) is 12.9. The van der Waals surface area contributed by atoms with E-state index in [1.807, 2.05) is 37.3 Å². The Morgan fingerprint density at radius 1 is 1.18 bits per heavy atom. The van der Waals surface area contributed by atoms with Crippen molar-refractivity contribution in [1.29, 1.82) is 0 Å². The maximum Gasteiger partial charge on any atom is 0.441 e. The molecular formula is C12H16F3NS. The molecule has 0 spiro atoms. The number of alkyl halides is 3. The molecule has 0 aromatic heterocycles. The first-order chi connectivity index (χ1) is 7.87. The molecule has 0 saturated carbocycles. The summed E-state index contributed by atoms with van der Waals surface area (Å²) in [6.07, 6.45) is 0.938. The van der Waals surface area contributed by atoms with E-state index in [9.17, 15) is 13.2 Å². The third kappa shape index (κ3) is 4.60. The number of thioether (sulfide) groups is 1. The lowest BCUT2D eigenvalue weighted by atomic mass is 9.86. The molecule has 0 aliphatic carbocycles. The maximum absolute atomic E-state index is 12.1. The van der Waals surface area contributed by atoms with E-state index in [-0.39, 0.29) is 17.5 Å². The highest BCUT2D eigenvalue weighted by atomic mass is 32.2. The van der Waals surface area contributed by atoms with Gasteiger partial charge in [-0.05, 0) is 18.4 Å². The minimum Gasteiger partial charge on any atom is -0.321 e. The Morgan fingerprint density at radius 2 is 1.76 bits per heavy atom. The van der Waals surface area contributed by atoms with E-state index in [1.54, 1.807) is 0 Å². The molecule has 1 aromatic carbocycles. The second-order valence-corrected chi connectivity index (χ2v) is 5.08. The quantitative estimate of drug-likeness (QED) is 0.872. The highest BCUT2D eigenvalue weighted by molar-refractivity contribution is 8.00. The molecule has 96 valence electrons. The van der Waals surface area contributed by atoms with E-state index in [2.05, 4.69) is 0 Å². The van der Waals surface area contributed by atoms with Gasteiger partial charge in [0, 0.05) is 11.3 Å². The first-order valence-electron chi connectivity index (χ1n) is 5.42. The smallest absolute Gasteiger partial charge is 0.321 e. The number of halogens is 3. The molecule has 2 N–H and O–H groups in total. The van der Waals surface area contributed by atoms with Crippen LogP contribution in [0.5, 0.6) is 0 Å². The summed E-state index contributed by atoms with van der Waals surface area (Å²) in [6.45, 7) is 1.89. The average Bonchev–Trinajstić information content (AvgIpc) is 2.28. The van der Waals surface area contributed by atoms with Gasteiger partial charge < -0.3 is 5.73 Å². The standard InChI is InChI=1S/C12H16F3NS/c1-2-11(16,8-9-17-12(13,14)15)10-6-4-3-5-7-10/h3-7H,2,8-9,16H2,1H3. The fourth-order valence-electron chi connectivity index (χ4n) is 1.64. The molecule has 0 aliphatic heterocycles. The van der Waals surface area contributed by atoms with Crippen molar-refractivity contribution in [1.82, 2.24) is 0 Å². The van der Waals surface area contributed by atoms with Crippen molar-refractivity contribution >= 4 is 11.8 Å². The molecule has 1 rings (SSSR count). The topological polar surface area (TPSA) is 26.0 Å². The first-order valence-corrected chi connectivity index (χ1v) is 6.41. The van der Waals surface area contributed by atoms with E-state index in [0.717, 1.165) is 5.56 Å². The van der Waals surface area contributed by atoms with Crippen LogP contribution >= 0.6 is 11.8 Å². The summed E-state index contributed by atoms with van der Waals surface area (Å²) in [5.41, 5.74) is 2.22. The van der Waals surface area contributed by atoms with Crippen LogP contribution in [0.2, 0.25) is 0 Å². The zero-order valence-corrected chi connectivity index (χ0v) is 10.4. The Labute approximate surface area is 104 Å². The van der Waals surface area contributed by atoms with E-state index in [0.29, 0.717) is 12.8 Å². The lowest BCUT2D eigenvalue weighted by molar-refractivity contribution is -0.0328. The van der Waals surface area contributed by atoms with Crippen LogP contribution in [0.4, 0.5) is 13.2 Å². The number of benzene rings is 1. The molecule has 0 radical (unpaired) electrons. The van der Waals surface area contributed by atoms with Crippen molar-refractivity contribution < 1.29 is 13.2 Å². The van der Waals surface area contributed by atoms with Gasteiger partial charge in [0.05, 0.1) is 0 Å². The summed E-state index contributed by atoms with van der Waals surface area (Å²) in [6, 6.07) is 9.29. The van der Waals surface area contributed by atoms with E-state index in [4.69, 9.17) is 5.73 Å². The summed E-state index contributed by atoms with van der Waals surface area (Å²) in [4.78, 5) is 0. The van der Waals surface area contributed by atoms with Crippen molar-refractivity contribution in [3.63, 3.8) is 0 Å². The van der Waals surface area contributed by atoms with Gasteiger partial charge in [0.1, 0.15) is 0 Å². The van der Waals surface area contributed by atoms with Crippen LogP contribution in [0.3, 0.4) is 0 Å². The van der Waals surface area contributed by atoms with Gasteiger partial charge in [0.2, 0.25) is 0 Å². The average molecular weight is 263 g/mol. The fourth-order valence-corrected chi connectivity index (χ4v) is 2.34. The predicted octanol–water partition coefficient (Wildman–Crippen LogP) is 3.89. The van der Waals surface area contributed by atoms with Crippen LogP contribution in [0, 0.1) is 0 Å². The monoisotopic (exact) mass is 263 g/mol. The molecule has 0 saturated heterocycles. The summed E-state index contributed by atoms with van der Waals surface area (Å²) in [5, 5.41) is 0. The van der Waals surface area contributed by atoms with Crippen molar-refractivity contribution in [3.8, 4) is 0 Å². The van der Waals surface area contributed by atoms with Crippen LogP contribution < -0.4 is 5.73 Å². The van der Waals surface area contributed by atoms with Crippen molar-refractivity contribution in [2.75, 3.05) is 5.75 Å². The molecule has 0 heterocycles. The van der Waals surface area contributed by atoms with E-state index in [1.165, 1.54) is 0 Å². The third-order valence-corrected chi connectivity index (χ3v) is 3.53. The molecule has 0 aliphatic rings. The van der Waals surface area contributed by atoms with Gasteiger partial charge in [0.15, 0.2) is 0 Å². The second-order valence-electron chi connectivity index (χ2n) is 3.92. The Balaban J connectivity index is 2.64. The van der Waals surface area contributed by atoms with Crippen LogP contribution in [-0.2, 0) is 5.54 Å². The fraction of sp³-hybridized carbons (Fsp3) is 0.500. The van der Waals surface area contributed by atoms with Crippen molar-refractivity contribution in [2.45, 2.75) is 30.8 Å².